The predicted molar refractivity (Wildman–Crippen MR) is 106 cm³/mol. The van der Waals surface area contributed by atoms with Crippen LogP contribution in [0.5, 0.6) is 11.9 Å². The van der Waals surface area contributed by atoms with Crippen molar-refractivity contribution in [2.75, 3.05) is 46.1 Å². The number of ether oxygens (including phenoxy) is 2. The van der Waals surface area contributed by atoms with E-state index < -0.39 is 36.1 Å². The lowest BCUT2D eigenvalue weighted by molar-refractivity contribution is -0.552. The van der Waals surface area contributed by atoms with Crippen molar-refractivity contribution < 1.29 is 27.2 Å². The first-order chi connectivity index (χ1) is 14.1. The summed E-state index contributed by atoms with van der Waals surface area (Å²) in [4.78, 5) is 13.0. The second kappa shape index (κ2) is 8.76. The number of alkyl halides is 2. The number of hydrogen-bond donors (Lipinski definition) is 1. The number of nitrogen functional groups attached to an aromatic ring is 1. The third kappa shape index (κ3) is 5.20. The quantitative estimate of drug-likeness (QED) is 0.465. The molecule has 3 rings (SSSR count). The zero-order valence-corrected chi connectivity index (χ0v) is 17.6. The van der Waals surface area contributed by atoms with Crippen LogP contribution in [-0.2, 0) is 0 Å². The van der Waals surface area contributed by atoms with E-state index in [0.717, 1.165) is 13.0 Å². The van der Waals surface area contributed by atoms with Gasteiger partial charge in [-0.3, -0.25) is 0 Å². The topological polar surface area (TPSA) is 89.4 Å². The molecule has 1 aliphatic rings. The SMILES string of the molecule is CC(C[N+]1=CCC1)Oc1nc(Cl)c(F)c2nc(OCC(F)(F)CN(C)C)nc(N)c12. The highest BCUT2D eigenvalue weighted by molar-refractivity contribution is 6.30. The number of rotatable bonds is 9. The maximum atomic E-state index is 14.6. The Morgan fingerprint density at radius 3 is 2.63 bits per heavy atom. The van der Waals surface area contributed by atoms with Crippen LogP contribution in [0.25, 0.3) is 10.9 Å². The van der Waals surface area contributed by atoms with E-state index in [2.05, 4.69) is 19.5 Å². The van der Waals surface area contributed by atoms with Gasteiger partial charge in [0.15, 0.2) is 36.8 Å². The second-order valence-corrected chi connectivity index (χ2v) is 7.77. The fourth-order valence-corrected chi connectivity index (χ4v) is 3.15. The zero-order chi connectivity index (χ0) is 22.1. The Morgan fingerprint density at radius 1 is 1.33 bits per heavy atom. The van der Waals surface area contributed by atoms with Crippen LogP contribution in [0.2, 0.25) is 5.15 Å². The third-order valence-corrected chi connectivity index (χ3v) is 4.54. The van der Waals surface area contributed by atoms with Gasteiger partial charge in [0.1, 0.15) is 22.9 Å². The number of halogens is 4. The van der Waals surface area contributed by atoms with Gasteiger partial charge >= 0.3 is 6.01 Å². The molecular weight excluding hydrogens is 425 g/mol. The summed E-state index contributed by atoms with van der Waals surface area (Å²) in [5.74, 6) is -4.39. The van der Waals surface area contributed by atoms with Crippen molar-refractivity contribution in [3.63, 3.8) is 0 Å². The van der Waals surface area contributed by atoms with E-state index in [1.54, 1.807) is 0 Å². The standard InChI is InChI=1S/C18H23ClF3N6O2/c1-10(7-28-5-4-6-28)30-16-11-13(12(20)14(19)25-16)24-17(26-15(11)23)29-9-18(21,22)8-27(2)3/h5,10H,4,6-9H2,1-3H3,(H2,23,24,26)/q+1. The molecule has 12 heteroatoms. The van der Waals surface area contributed by atoms with Crippen LogP contribution in [0.1, 0.15) is 13.3 Å². The molecule has 0 bridgehead atoms. The predicted octanol–water partition coefficient (Wildman–Crippen LogP) is 2.23. The number of hydrogen-bond acceptors (Lipinski definition) is 7. The summed E-state index contributed by atoms with van der Waals surface area (Å²) >= 11 is 5.88. The molecule has 0 spiro atoms. The minimum atomic E-state index is -3.16. The number of aromatic nitrogens is 3. The Hall–Kier alpha value is -2.40. The van der Waals surface area contributed by atoms with Crippen molar-refractivity contribution in [2.24, 2.45) is 0 Å². The van der Waals surface area contributed by atoms with E-state index >= 15 is 0 Å². The van der Waals surface area contributed by atoms with Crippen molar-refractivity contribution in [3.05, 3.63) is 11.0 Å². The van der Waals surface area contributed by atoms with Gasteiger partial charge in [0.05, 0.1) is 13.0 Å². The van der Waals surface area contributed by atoms with Gasteiger partial charge < -0.3 is 20.1 Å². The monoisotopic (exact) mass is 447 g/mol. The lowest BCUT2D eigenvalue weighted by Crippen LogP contribution is -2.37. The molecule has 1 atom stereocenters. The zero-order valence-electron chi connectivity index (χ0n) is 16.8. The summed E-state index contributed by atoms with van der Waals surface area (Å²) in [6.07, 6.45) is 2.74. The minimum absolute atomic E-state index is 0.00346. The third-order valence-electron chi connectivity index (χ3n) is 4.29. The largest absolute Gasteiger partial charge is 0.467 e. The molecule has 2 aromatic heterocycles. The average molecular weight is 448 g/mol. The molecule has 164 valence electrons. The Labute approximate surface area is 176 Å². The number of anilines is 1. The van der Waals surface area contributed by atoms with Crippen molar-refractivity contribution >= 4 is 34.5 Å². The minimum Gasteiger partial charge on any atom is -0.467 e. The maximum Gasteiger partial charge on any atom is 0.319 e. The molecule has 0 aliphatic carbocycles. The number of nitrogens with two attached hydrogens (primary N) is 1. The van der Waals surface area contributed by atoms with Crippen LogP contribution in [-0.4, -0.2) is 83.0 Å². The average Bonchev–Trinajstić information content (AvgIpc) is 2.59. The molecule has 1 unspecified atom stereocenters. The van der Waals surface area contributed by atoms with Gasteiger partial charge in [-0.1, -0.05) is 11.6 Å². The van der Waals surface area contributed by atoms with E-state index in [0.29, 0.717) is 6.54 Å². The molecule has 0 aromatic carbocycles. The normalized spacial score (nSPS) is 15.1. The summed E-state index contributed by atoms with van der Waals surface area (Å²) in [5, 5.41) is -0.481. The molecular formula is C18H23ClF3N6O2+. The molecule has 2 N–H and O–H groups in total. The second-order valence-electron chi connectivity index (χ2n) is 7.41. The van der Waals surface area contributed by atoms with Crippen molar-refractivity contribution in [3.8, 4) is 11.9 Å². The Morgan fingerprint density at radius 2 is 2.03 bits per heavy atom. The van der Waals surface area contributed by atoms with Crippen LogP contribution < -0.4 is 15.2 Å². The van der Waals surface area contributed by atoms with Gasteiger partial charge in [-0.25, -0.2) is 17.7 Å². The molecule has 2 aromatic rings. The van der Waals surface area contributed by atoms with Crippen LogP contribution >= 0.6 is 11.6 Å². The summed E-state index contributed by atoms with van der Waals surface area (Å²) in [6.45, 7) is 1.81. The van der Waals surface area contributed by atoms with E-state index in [4.69, 9.17) is 26.8 Å². The smallest absolute Gasteiger partial charge is 0.319 e. The first kappa shape index (κ1) is 22.3. The highest BCUT2D eigenvalue weighted by atomic mass is 35.5. The van der Waals surface area contributed by atoms with Gasteiger partial charge in [0, 0.05) is 0 Å². The van der Waals surface area contributed by atoms with E-state index in [-0.39, 0.29) is 28.7 Å². The van der Waals surface area contributed by atoms with Crippen LogP contribution in [0.4, 0.5) is 19.0 Å². The van der Waals surface area contributed by atoms with Crippen molar-refractivity contribution in [1.29, 1.82) is 0 Å². The molecule has 0 saturated heterocycles. The van der Waals surface area contributed by atoms with Crippen LogP contribution in [0.3, 0.4) is 0 Å². The Balaban J connectivity index is 1.88. The molecule has 30 heavy (non-hydrogen) atoms. The first-order valence-corrected chi connectivity index (χ1v) is 9.65. The number of nitrogens with zero attached hydrogens (tertiary/aromatic N) is 5. The summed E-state index contributed by atoms with van der Waals surface area (Å²) in [5.41, 5.74) is 5.62. The molecule has 0 radical (unpaired) electrons. The van der Waals surface area contributed by atoms with Gasteiger partial charge in [-0.15, -0.1) is 0 Å². The molecule has 0 fully saturated rings. The van der Waals surface area contributed by atoms with E-state index in [9.17, 15) is 13.2 Å². The maximum absolute atomic E-state index is 14.6. The fraction of sp³-hybridized carbons (Fsp3) is 0.556. The number of fused-ring (bicyclic) bond motifs is 1. The number of pyridine rings is 1. The van der Waals surface area contributed by atoms with Crippen molar-refractivity contribution in [2.45, 2.75) is 25.4 Å². The summed E-state index contributed by atoms with van der Waals surface area (Å²) < 4.78 is 55.2. The van der Waals surface area contributed by atoms with E-state index in [1.807, 2.05) is 13.1 Å². The van der Waals surface area contributed by atoms with Crippen LogP contribution in [0, 0.1) is 5.82 Å². The highest BCUT2D eigenvalue weighted by Crippen LogP contribution is 2.34. The summed E-state index contributed by atoms with van der Waals surface area (Å²) in [7, 11) is 3.01. The lowest BCUT2D eigenvalue weighted by Gasteiger charge is -2.20. The Kier molecular flexibility index (Phi) is 6.51. The fourth-order valence-electron chi connectivity index (χ4n) is 2.98. The van der Waals surface area contributed by atoms with Crippen molar-refractivity contribution in [1.82, 2.24) is 19.9 Å². The molecule has 8 nitrogen and oxygen atoms in total. The van der Waals surface area contributed by atoms with Gasteiger partial charge in [0.25, 0.3) is 5.92 Å². The molecule has 1 aliphatic heterocycles. The molecule has 0 saturated carbocycles. The van der Waals surface area contributed by atoms with Crippen LogP contribution in [0.15, 0.2) is 0 Å². The molecule has 0 amide bonds. The van der Waals surface area contributed by atoms with E-state index in [1.165, 1.54) is 19.0 Å². The van der Waals surface area contributed by atoms with Gasteiger partial charge in [-0.2, -0.15) is 15.0 Å². The molecule has 3 heterocycles. The van der Waals surface area contributed by atoms with Gasteiger partial charge in [0.2, 0.25) is 5.88 Å². The first-order valence-electron chi connectivity index (χ1n) is 9.27. The van der Waals surface area contributed by atoms with Gasteiger partial charge in [-0.05, 0) is 21.0 Å². The Bertz CT molecular complexity index is 973. The highest BCUT2D eigenvalue weighted by Gasteiger charge is 2.32. The summed E-state index contributed by atoms with van der Waals surface area (Å²) in [6, 6.07) is -0.492. The lowest BCUT2D eigenvalue weighted by atomic mass is 10.2.